The number of likely N-dealkylation sites (N-methyl/N-ethyl adjacent to an activating group) is 1. The molecule has 2 heterocycles. The van der Waals surface area contributed by atoms with E-state index in [0.717, 1.165) is 41.8 Å². The van der Waals surface area contributed by atoms with Crippen LogP contribution < -0.4 is 21.3 Å². The van der Waals surface area contributed by atoms with E-state index in [1.807, 2.05) is 63.2 Å². The predicted molar refractivity (Wildman–Crippen MR) is 145 cm³/mol. The molecule has 3 aromatic rings. The second kappa shape index (κ2) is 11.1. The quantitative estimate of drug-likeness (QED) is 0.405. The Morgan fingerprint density at radius 3 is 2.51 bits per heavy atom. The molecular formula is C26H33N7O3S. The highest BCUT2D eigenvalue weighted by molar-refractivity contribution is 7.13. The van der Waals surface area contributed by atoms with E-state index in [0.29, 0.717) is 11.8 Å². The molecule has 1 saturated carbocycles. The maximum Gasteiger partial charge on any atom is 0.407 e. The number of ether oxygens (including phenoxy) is 1. The highest BCUT2D eigenvalue weighted by Crippen LogP contribution is 2.29. The number of alkyl carbamates (subject to hydrolysis) is 1. The summed E-state index contributed by atoms with van der Waals surface area (Å²) in [5.74, 6) is 0.124. The van der Waals surface area contributed by atoms with E-state index in [1.54, 1.807) is 16.8 Å². The Morgan fingerprint density at radius 1 is 1.14 bits per heavy atom. The van der Waals surface area contributed by atoms with Crippen LogP contribution in [0.4, 0.5) is 22.2 Å². The molecule has 11 heteroatoms. The molecule has 37 heavy (non-hydrogen) atoms. The Balaban J connectivity index is 1.54. The summed E-state index contributed by atoms with van der Waals surface area (Å²) < 4.78 is 5.47. The van der Waals surface area contributed by atoms with E-state index in [1.165, 1.54) is 6.20 Å². The zero-order chi connectivity index (χ0) is 26.6. The lowest BCUT2D eigenvalue weighted by Crippen LogP contribution is -2.53. The van der Waals surface area contributed by atoms with Gasteiger partial charge >= 0.3 is 6.09 Å². The number of nitrogens with two attached hydrogens (primary N) is 1. The van der Waals surface area contributed by atoms with Gasteiger partial charge in [-0.1, -0.05) is 25.0 Å². The Labute approximate surface area is 220 Å². The number of hydrogen-bond acceptors (Lipinski definition) is 9. The standard InChI is InChI=1S/C26H33N7O3S/c1-26(2,3)36-25(35)31-19-7-5-6-8-20(19)33(4)24-29-13-18(22(27)34)23(32-24)30-17-11-9-16(10-12-17)21-14-28-15-37-21/h9-15,19-20H,5-8H2,1-4H3,(H2,27,34)(H,31,35)(H,29,30,32)/t19-,20+/m0/s1. The fourth-order valence-electron chi connectivity index (χ4n) is 4.38. The normalized spacial score (nSPS) is 17.6. The highest BCUT2D eigenvalue weighted by Gasteiger charge is 2.32. The zero-order valence-corrected chi connectivity index (χ0v) is 22.3. The lowest BCUT2D eigenvalue weighted by molar-refractivity contribution is 0.0485. The highest BCUT2D eigenvalue weighted by atomic mass is 32.1. The van der Waals surface area contributed by atoms with Crippen LogP contribution in [-0.2, 0) is 4.74 Å². The first-order valence-electron chi connectivity index (χ1n) is 12.3. The van der Waals surface area contributed by atoms with Gasteiger partial charge < -0.3 is 26.0 Å². The van der Waals surface area contributed by atoms with Crippen LogP contribution in [0.2, 0.25) is 0 Å². The molecule has 1 aliphatic carbocycles. The lowest BCUT2D eigenvalue weighted by Gasteiger charge is -2.38. The fraction of sp³-hybridized carbons (Fsp3) is 0.423. The van der Waals surface area contributed by atoms with Crippen molar-refractivity contribution in [2.75, 3.05) is 17.3 Å². The van der Waals surface area contributed by atoms with Crippen LogP contribution in [0.3, 0.4) is 0 Å². The molecule has 4 rings (SSSR count). The molecule has 0 radical (unpaired) electrons. The Hall–Kier alpha value is -3.73. The Morgan fingerprint density at radius 2 is 1.86 bits per heavy atom. The molecule has 4 N–H and O–H groups in total. The number of benzene rings is 1. The minimum atomic E-state index is -0.625. The number of amides is 2. The number of rotatable bonds is 7. The monoisotopic (exact) mass is 523 g/mol. The molecule has 1 fully saturated rings. The Kier molecular flexibility index (Phi) is 7.91. The number of carbonyl (C=O) groups is 2. The molecule has 196 valence electrons. The summed E-state index contributed by atoms with van der Waals surface area (Å²) in [5, 5.41) is 6.24. The second-order valence-electron chi connectivity index (χ2n) is 10.1. The topological polar surface area (TPSA) is 135 Å². The summed E-state index contributed by atoms with van der Waals surface area (Å²) in [6.07, 6.45) is 6.54. The first-order valence-corrected chi connectivity index (χ1v) is 13.1. The van der Waals surface area contributed by atoms with E-state index in [2.05, 4.69) is 25.6 Å². The third-order valence-corrected chi connectivity index (χ3v) is 6.97. The molecule has 2 aromatic heterocycles. The van der Waals surface area contributed by atoms with Gasteiger partial charge in [0.1, 0.15) is 17.0 Å². The first kappa shape index (κ1) is 26.3. The van der Waals surface area contributed by atoms with Gasteiger partial charge in [-0.2, -0.15) is 4.98 Å². The van der Waals surface area contributed by atoms with E-state index in [9.17, 15) is 9.59 Å². The van der Waals surface area contributed by atoms with Crippen LogP contribution in [0.1, 0.15) is 56.8 Å². The summed E-state index contributed by atoms with van der Waals surface area (Å²) >= 11 is 1.56. The van der Waals surface area contributed by atoms with Crippen molar-refractivity contribution < 1.29 is 14.3 Å². The number of primary amides is 1. The van der Waals surface area contributed by atoms with Crippen molar-refractivity contribution in [3.63, 3.8) is 0 Å². The fourth-order valence-corrected chi connectivity index (χ4v) is 5.01. The van der Waals surface area contributed by atoms with Gasteiger partial charge in [0.15, 0.2) is 0 Å². The summed E-state index contributed by atoms with van der Waals surface area (Å²) in [5.41, 5.74) is 8.82. The minimum absolute atomic E-state index is 0.0350. The summed E-state index contributed by atoms with van der Waals surface area (Å²) in [4.78, 5) is 40.8. The maximum absolute atomic E-state index is 12.5. The van der Waals surface area contributed by atoms with Crippen molar-refractivity contribution in [3.8, 4) is 10.4 Å². The summed E-state index contributed by atoms with van der Waals surface area (Å²) in [6.45, 7) is 5.52. The number of nitrogens with one attached hydrogen (secondary N) is 2. The van der Waals surface area contributed by atoms with Gasteiger partial charge in [0.05, 0.1) is 22.5 Å². The molecule has 2 atom stereocenters. The van der Waals surface area contributed by atoms with Gasteiger partial charge in [0.2, 0.25) is 5.95 Å². The average molecular weight is 524 g/mol. The van der Waals surface area contributed by atoms with E-state index >= 15 is 0 Å². The molecule has 0 spiro atoms. The summed E-state index contributed by atoms with van der Waals surface area (Å²) in [7, 11) is 1.90. The summed E-state index contributed by atoms with van der Waals surface area (Å²) in [6, 6.07) is 7.61. The molecule has 1 aromatic carbocycles. The van der Waals surface area contributed by atoms with Gasteiger partial charge in [-0.15, -0.1) is 11.3 Å². The molecule has 0 unspecified atom stereocenters. The molecular weight excluding hydrogens is 490 g/mol. The molecule has 10 nitrogen and oxygen atoms in total. The number of carbonyl (C=O) groups excluding carboxylic acids is 2. The zero-order valence-electron chi connectivity index (χ0n) is 21.5. The van der Waals surface area contributed by atoms with Crippen molar-refractivity contribution in [1.29, 1.82) is 0 Å². The van der Waals surface area contributed by atoms with Gasteiger partial charge in [-0.3, -0.25) is 9.78 Å². The van der Waals surface area contributed by atoms with Crippen LogP contribution in [-0.4, -0.2) is 51.7 Å². The van der Waals surface area contributed by atoms with Gasteiger partial charge in [0.25, 0.3) is 5.91 Å². The third kappa shape index (κ3) is 6.73. The molecule has 0 saturated heterocycles. The lowest BCUT2D eigenvalue weighted by atomic mass is 9.89. The first-order chi connectivity index (χ1) is 17.6. The van der Waals surface area contributed by atoms with Gasteiger partial charge in [-0.25, -0.2) is 9.78 Å². The smallest absolute Gasteiger partial charge is 0.407 e. The number of nitrogens with zero attached hydrogens (tertiary/aromatic N) is 4. The van der Waals surface area contributed by atoms with Crippen molar-refractivity contribution in [2.45, 2.75) is 64.1 Å². The molecule has 2 amide bonds. The number of thiazole rings is 1. The molecule has 0 bridgehead atoms. The van der Waals surface area contributed by atoms with Crippen molar-refractivity contribution >= 4 is 40.8 Å². The van der Waals surface area contributed by atoms with E-state index in [-0.39, 0.29) is 17.6 Å². The molecule has 1 aliphatic rings. The molecule has 0 aliphatic heterocycles. The van der Waals surface area contributed by atoms with Crippen LogP contribution >= 0.6 is 11.3 Å². The predicted octanol–water partition coefficient (Wildman–Crippen LogP) is 4.71. The van der Waals surface area contributed by atoms with E-state index < -0.39 is 17.6 Å². The number of hydrogen-bond donors (Lipinski definition) is 3. The number of anilines is 3. The second-order valence-corrected chi connectivity index (χ2v) is 11.0. The SMILES string of the molecule is CN(c1ncc(C(N)=O)c(Nc2ccc(-c3cncs3)cc2)n1)[C@@H]1CCCC[C@@H]1NC(=O)OC(C)(C)C. The largest absolute Gasteiger partial charge is 0.444 e. The van der Waals surface area contributed by atoms with Crippen molar-refractivity contribution in [2.24, 2.45) is 5.73 Å². The van der Waals surface area contributed by atoms with Crippen molar-refractivity contribution in [1.82, 2.24) is 20.3 Å². The average Bonchev–Trinajstić information content (AvgIpc) is 3.38. The number of aromatic nitrogens is 3. The van der Waals surface area contributed by atoms with Crippen LogP contribution in [0, 0.1) is 0 Å². The minimum Gasteiger partial charge on any atom is -0.444 e. The van der Waals surface area contributed by atoms with Crippen LogP contribution in [0.5, 0.6) is 0 Å². The van der Waals surface area contributed by atoms with Gasteiger partial charge in [-0.05, 0) is 51.3 Å². The Bertz CT molecular complexity index is 1230. The maximum atomic E-state index is 12.5. The third-order valence-electron chi connectivity index (χ3n) is 6.15. The van der Waals surface area contributed by atoms with E-state index in [4.69, 9.17) is 10.5 Å². The van der Waals surface area contributed by atoms with Crippen molar-refractivity contribution in [3.05, 3.63) is 47.7 Å². The van der Waals surface area contributed by atoms with Crippen LogP contribution in [0.15, 0.2) is 42.2 Å². The van der Waals surface area contributed by atoms with Crippen LogP contribution in [0.25, 0.3) is 10.4 Å². The van der Waals surface area contributed by atoms with Gasteiger partial charge in [0, 0.05) is 25.1 Å².